The van der Waals surface area contributed by atoms with Gasteiger partial charge in [0.15, 0.2) is 5.82 Å². The molecule has 10 aromatic rings. The van der Waals surface area contributed by atoms with Crippen molar-refractivity contribution in [3.05, 3.63) is 217 Å². The van der Waals surface area contributed by atoms with Crippen LogP contribution in [0.25, 0.3) is 89.2 Å². The molecule has 57 heavy (non-hydrogen) atoms. The van der Waals surface area contributed by atoms with E-state index in [1.807, 2.05) is 30.3 Å². The Bertz CT molecular complexity index is 3110. The van der Waals surface area contributed by atoms with Crippen LogP contribution in [0.2, 0.25) is 0 Å². The number of aromatic nitrogens is 2. The molecular formula is C54H36N2O. The first-order valence-corrected chi connectivity index (χ1v) is 19.5. The predicted molar refractivity (Wildman–Crippen MR) is 234 cm³/mol. The molecular weight excluding hydrogens is 693 g/mol. The zero-order valence-electron chi connectivity index (χ0n) is 31.4. The van der Waals surface area contributed by atoms with Crippen molar-refractivity contribution in [2.75, 3.05) is 0 Å². The van der Waals surface area contributed by atoms with Crippen molar-refractivity contribution in [2.45, 2.75) is 12.3 Å². The van der Waals surface area contributed by atoms with Crippen LogP contribution in [0.4, 0.5) is 0 Å². The summed E-state index contributed by atoms with van der Waals surface area (Å²) >= 11 is 0. The van der Waals surface area contributed by atoms with E-state index in [1.165, 1.54) is 33.4 Å². The molecule has 11 rings (SSSR count). The van der Waals surface area contributed by atoms with Gasteiger partial charge in [-0.3, -0.25) is 0 Å². The van der Waals surface area contributed by atoms with Crippen molar-refractivity contribution in [3.8, 4) is 67.3 Å². The molecule has 268 valence electrons. The molecule has 3 heteroatoms. The maximum atomic E-state index is 6.18. The summed E-state index contributed by atoms with van der Waals surface area (Å²) in [5.41, 5.74) is 17.3. The molecule has 0 fully saturated rings. The molecule has 0 saturated heterocycles. The Labute approximate surface area is 331 Å². The molecule has 0 saturated carbocycles. The van der Waals surface area contributed by atoms with E-state index in [-0.39, 0.29) is 5.41 Å². The standard InChI is InChI=1S/C54H36N2O/c1-54(47-27-12-8-22-41(47)42-23-9-13-28-48(42)54)46-26-11-7-21-40(46)36-18-15-19-38(32-36)49-34-50(56-53(55-49)35-16-3-2-4-17-35)43-24-6-5-20-39(43)37-30-31-52-45(33-37)44-25-10-14-29-51(44)57-52/h2-34H,1H3. The van der Waals surface area contributed by atoms with Gasteiger partial charge in [0.25, 0.3) is 0 Å². The fourth-order valence-electron chi connectivity index (χ4n) is 9.06. The number of fused-ring (bicyclic) bond motifs is 6. The van der Waals surface area contributed by atoms with E-state index in [1.54, 1.807) is 0 Å². The Kier molecular flexibility index (Phi) is 7.61. The van der Waals surface area contributed by atoms with Crippen LogP contribution in [-0.2, 0) is 5.41 Å². The SMILES string of the molecule is CC1(c2ccccc2-c2cccc(-c3cc(-c4ccccc4-c4ccc5oc6ccccc6c5c4)nc(-c4ccccc4)n3)c2)c2ccccc2-c2ccccc21. The lowest BCUT2D eigenvalue weighted by Gasteiger charge is -2.30. The second-order valence-electron chi connectivity index (χ2n) is 15.0. The first kappa shape index (κ1) is 33.0. The number of rotatable bonds is 6. The zero-order chi connectivity index (χ0) is 37.9. The molecule has 3 nitrogen and oxygen atoms in total. The summed E-state index contributed by atoms with van der Waals surface area (Å²) in [6, 6.07) is 71.1. The lowest BCUT2D eigenvalue weighted by Crippen LogP contribution is -2.23. The number of hydrogen-bond donors (Lipinski definition) is 0. The largest absolute Gasteiger partial charge is 0.456 e. The molecule has 0 amide bonds. The molecule has 0 atom stereocenters. The average molecular weight is 729 g/mol. The number of para-hydroxylation sites is 1. The highest BCUT2D eigenvalue weighted by atomic mass is 16.3. The summed E-state index contributed by atoms with van der Waals surface area (Å²) in [6.45, 7) is 2.38. The Hall–Kier alpha value is -7.36. The highest BCUT2D eigenvalue weighted by Crippen LogP contribution is 2.54. The van der Waals surface area contributed by atoms with E-state index < -0.39 is 0 Å². The van der Waals surface area contributed by atoms with E-state index >= 15 is 0 Å². The fraction of sp³-hybridized carbons (Fsp3) is 0.0370. The van der Waals surface area contributed by atoms with Gasteiger partial charge >= 0.3 is 0 Å². The van der Waals surface area contributed by atoms with Gasteiger partial charge in [0, 0.05) is 32.9 Å². The normalized spacial score (nSPS) is 12.8. The van der Waals surface area contributed by atoms with Crippen LogP contribution >= 0.6 is 0 Å². The maximum Gasteiger partial charge on any atom is 0.160 e. The third kappa shape index (κ3) is 5.35. The number of hydrogen-bond acceptors (Lipinski definition) is 3. The first-order valence-electron chi connectivity index (χ1n) is 19.5. The zero-order valence-corrected chi connectivity index (χ0v) is 31.4. The lowest BCUT2D eigenvalue weighted by molar-refractivity contribution is 0.669. The lowest BCUT2D eigenvalue weighted by atomic mass is 9.71. The minimum Gasteiger partial charge on any atom is -0.456 e. The van der Waals surface area contributed by atoms with Crippen molar-refractivity contribution in [1.29, 1.82) is 0 Å². The second-order valence-corrected chi connectivity index (χ2v) is 15.0. The monoisotopic (exact) mass is 728 g/mol. The van der Waals surface area contributed by atoms with Crippen LogP contribution in [-0.4, -0.2) is 9.97 Å². The molecule has 0 unspecified atom stereocenters. The van der Waals surface area contributed by atoms with E-state index in [4.69, 9.17) is 14.4 Å². The average Bonchev–Trinajstić information content (AvgIpc) is 3.79. The van der Waals surface area contributed by atoms with Crippen molar-refractivity contribution in [2.24, 2.45) is 0 Å². The summed E-state index contributed by atoms with van der Waals surface area (Å²) < 4.78 is 6.18. The Morgan fingerprint density at radius 2 is 0.877 bits per heavy atom. The number of benzene rings is 8. The summed E-state index contributed by atoms with van der Waals surface area (Å²) in [5, 5.41) is 2.21. The van der Waals surface area contributed by atoms with Gasteiger partial charge in [-0.25, -0.2) is 9.97 Å². The molecule has 1 aliphatic rings. The molecule has 0 bridgehead atoms. The Morgan fingerprint density at radius 1 is 0.351 bits per heavy atom. The third-order valence-electron chi connectivity index (χ3n) is 11.8. The van der Waals surface area contributed by atoms with E-state index in [0.29, 0.717) is 5.82 Å². The number of nitrogens with zero attached hydrogens (tertiary/aromatic N) is 2. The fourth-order valence-corrected chi connectivity index (χ4v) is 9.06. The summed E-state index contributed by atoms with van der Waals surface area (Å²) in [7, 11) is 0. The third-order valence-corrected chi connectivity index (χ3v) is 11.8. The number of furan rings is 1. The van der Waals surface area contributed by atoms with Crippen LogP contribution in [0.15, 0.2) is 205 Å². The highest BCUT2D eigenvalue weighted by Gasteiger charge is 2.41. The smallest absolute Gasteiger partial charge is 0.160 e. The van der Waals surface area contributed by atoms with Crippen molar-refractivity contribution in [1.82, 2.24) is 9.97 Å². The van der Waals surface area contributed by atoms with Crippen molar-refractivity contribution < 1.29 is 4.42 Å². The van der Waals surface area contributed by atoms with Crippen LogP contribution in [0.3, 0.4) is 0 Å². The van der Waals surface area contributed by atoms with Gasteiger partial charge in [-0.1, -0.05) is 170 Å². The predicted octanol–water partition coefficient (Wildman–Crippen LogP) is 14.0. The molecule has 2 aromatic heterocycles. The topological polar surface area (TPSA) is 38.9 Å². The summed E-state index contributed by atoms with van der Waals surface area (Å²) in [5.74, 6) is 0.687. The second kappa shape index (κ2) is 13.1. The van der Waals surface area contributed by atoms with E-state index in [9.17, 15) is 0 Å². The van der Waals surface area contributed by atoms with Crippen LogP contribution in [0, 0.1) is 0 Å². The van der Waals surface area contributed by atoms with Crippen LogP contribution in [0.1, 0.15) is 23.6 Å². The van der Waals surface area contributed by atoms with E-state index in [2.05, 4.69) is 177 Å². The van der Waals surface area contributed by atoms with Gasteiger partial charge in [-0.2, -0.15) is 0 Å². The van der Waals surface area contributed by atoms with Gasteiger partial charge in [0.2, 0.25) is 0 Å². The van der Waals surface area contributed by atoms with Gasteiger partial charge in [0.05, 0.1) is 11.4 Å². The van der Waals surface area contributed by atoms with Gasteiger partial charge in [0.1, 0.15) is 11.2 Å². The van der Waals surface area contributed by atoms with Gasteiger partial charge in [-0.15, -0.1) is 0 Å². The molecule has 0 radical (unpaired) electrons. The Balaban J connectivity index is 1.06. The summed E-state index contributed by atoms with van der Waals surface area (Å²) in [4.78, 5) is 10.5. The van der Waals surface area contributed by atoms with Crippen LogP contribution in [0.5, 0.6) is 0 Å². The molecule has 0 aliphatic heterocycles. The quantitative estimate of drug-likeness (QED) is 0.171. The minimum absolute atomic E-state index is 0.322. The molecule has 2 heterocycles. The van der Waals surface area contributed by atoms with Crippen molar-refractivity contribution >= 4 is 21.9 Å². The van der Waals surface area contributed by atoms with Gasteiger partial charge < -0.3 is 4.42 Å². The highest BCUT2D eigenvalue weighted by molar-refractivity contribution is 6.06. The molecule has 1 aliphatic carbocycles. The summed E-state index contributed by atoms with van der Waals surface area (Å²) in [6.07, 6.45) is 0. The van der Waals surface area contributed by atoms with Gasteiger partial charge in [-0.05, 0) is 87.3 Å². The molecule has 8 aromatic carbocycles. The molecule has 0 N–H and O–H groups in total. The molecule has 0 spiro atoms. The maximum absolute atomic E-state index is 6.18. The van der Waals surface area contributed by atoms with E-state index in [0.717, 1.165) is 66.7 Å². The van der Waals surface area contributed by atoms with Crippen molar-refractivity contribution in [3.63, 3.8) is 0 Å². The first-order chi connectivity index (χ1) is 28.1. The minimum atomic E-state index is -0.322. The Morgan fingerprint density at radius 3 is 1.63 bits per heavy atom. The van der Waals surface area contributed by atoms with Crippen LogP contribution < -0.4 is 0 Å².